The van der Waals surface area contributed by atoms with E-state index in [0.29, 0.717) is 15.4 Å². The van der Waals surface area contributed by atoms with Crippen molar-refractivity contribution in [3.05, 3.63) is 39.0 Å². The molecule has 2 aromatic rings. The number of amides is 1. The van der Waals surface area contributed by atoms with E-state index in [-0.39, 0.29) is 24.5 Å². The van der Waals surface area contributed by atoms with E-state index in [9.17, 15) is 19.3 Å². The lowest BCUT2D eigenvalue weighted by Gasteiger charge is -2.24. The molecular weight excluding hydrogens is 435 g/mol. The minimum Gasteiger partial charge on any atom is -0.444 e. The number of nitrogens with zero attached hydrogens (tertiary/aromatic N) is 3. The summed E-state index contributed by atoms with van der Waals surface area (Å²) in [5, 5.41) is 14.9. The van der Waals surface area contributed by atoms with Crippen LogP contribution in [0, 0.1) is 10.1 Å². The van der Waals surface area contributed by atoms with Crippen LogP contribution in [-0.4, -0.2) is 51.8 Å². The molecule has 10 heteroatoms. The van der Waals surface area contributed by atoms with Crippen molar-refractivity contribution in [1.82, 2.24) is 9.88 Å². The monoisotopic (exact) mass is 454 g/mol. The fourth-order valence-electron chi connectivity index (χ4n) is 3.01. The average molecular weight is 455 g/mol. The number of likely N-dealkylation sites (tertiary alicyclic amines) is 1. The van der Waals surface area contributed by atoms with Crippen molar-refractivity contribution in [3.8, 4) is 0 Å². The summed E-state index contributed by atoms with van der Waals surface area (Å²) >= 11 is 3.34. The Bertz CT molecular complexity index is 934. The zero-order chi connectivity index (χ0) is 20.6. The van der Waals surface area contributed by atoms with E-state index >= 15 is 0 Å². The molecule has 1 aliphatic heterocycles. The molecule has 1 amide bonds. The second kappa shape index (κ2) is 7.50. The molecule has 1 aliphatic rings. The molecule has 0 unspecified atom stereocenters. The summed E-state index contributed by atoms with van der Waals surface area (Å²) in [5.74, 6) is 0. The van der Waals surface area contributed by atoms with E-state index in [1.807, 2.05) is 0 Å². The van der Waals surface area contributed by atoms with Crippen molar-refractivity contribution in [2.24, 2.45) is 0 Å². The zero-order valence-electron chi connectivity index (χ0n) is 15.6. The van der Waals surface area contributed by atoms with Crippen LogP contribution in [0.3, 0.4) is 0 Å². The van der Waals surface area contributed by atoms with Crippen LogP contribution < -0.4 is 5.32 Å². The zero-order valence-corrected chi connectivity index (χ0v) is 17.2. The van der Waals surface area contributed by atoms with Gasteiger partial charge in [-0.25, -0.2) is 14.2 Å². The van der Waals surface area contributed by atoms with Crippen LogP contribution in [0.5, 0.6) is 0 Å². The van der Waals surface area contributed by atoms with Crippen molar-refractivity contribution in [1.29, 1.82) is 0 Å². The quantitative estimate of drug-likeness (QED) is 0.548. The average Bonchev–Trinajstić information content (AvgIpc) is 2.94. The molecule has 1 aromatic carbocycles. The minimum absolute atomic E-state index is 0.0328. The Morgan fingerprint density at radius 2 is 2.14 bits per heavy atom. The Labute approximate surface area is 169 Å². The van der Waals surface area contributed by atoms with Gasteiger partial charge >= 0.3 is 11.8 Å². The van der Waals surface area contributed by atoms with Gasteiger partial charge in [-0.1, -0.05) is 15.9 Å². The van der Waals surface area contributed by atoms with Crippen LogP contribution in [0.25, 0.3) is 10.9 Å². The molecule has 1 N–H and O–H groups in total. The van der Waals surface area contributed by atoms with Gasteiger partial charge in [0.25, 0.3) is 0 Å². The second-order valence-electron chi connectivity index (χ2n) is 7.59. The van der Waals surface area contributed by atoms with Crippen molar-refractivity contribution in [2.45, 2.75) is 38.6 Å². The number of alkyl halides is 1. The lowest BCUT2D eigenvalue weighted by Crippen LogP contribution is -2.36. The van der Waals surface area contributed by atoms with Gasteiger partial charge < -0.3 is 15.0 Å². The third-order valence-corrected chi connectivity index (χ3v) is 4.73. The Morgan fingerprint density at radius 3 is 2.79 bits per heavy atom. The van der Waals surface area contributed by atoms with Crippen molar-refractivity contribution >= 4 is 44.3 Å². The number of carbonyl (C=O) groups is 1. The van der Waals surface area contributed by atoms with Gasteiger partial charge in [0.05, 0.1) is 23.0 Å². The van der Waals surface area contributed by atoms with E-state index in [4.69, 9.17) is 4.74 Å². The first-order valence-electron chi connectivity index (χ1n) is 8.66. The molecule has 1 aromatic heterocycles. The predicted octanol–water partition coefficient (Wildman–Crippen LogP) is 4.27. The summed E-state index contributed by atoms with van der Waals surface area (Å²) in [6.45, 7) is 5.08. The van der Waals surface area contributed by atoms with E-state index in [1.54, 1.807) is 39.0 Å². The Balaban J connectivity index is 1.90. The fraction of sp³-hybridized carbons (Fsp3) is 0.444. The number of carbonyl (C=O) groups excluding carboxylic acids is 1. The van der Waals surface area contributed by atoms with Gasteiger partial charge in [0.1, 0.15) is 23.7 Å². The number of benzene rings is 1. The second-order valence-corrected chi connectivity index (χ2v) is 8.50. The van der Waals surface area contributed by atoms with Crippen LogP contribution in [-0.2, 0) is 4.74 Å². The molecule has 2 atom stereocenters. The van der Waals surface area contributed by atoms with Gasteiger partial charge in [-0.3, -0.25) is 10.1 Å². The van der Waals surface area contributed by atoms with Crippen molar-refractivity contribution in [2.75, 3.05) is 18.4 Å². The number of ether oxygens (including phenoxy) is 1. The third kappa shape index (κ3) is 4.32. The number of hydrogen-bond acceptors (Lipinski definition) is 6. The maximum Gasteiger partial charge on any atom is 0.410 e. The number of aromatic nitrogens is 1. The molecule has 1 fully saturated rings. The normalized spacial score (nSPS) is 19.7. The van der Waals surface area contributed by atoms with Crippen LogP contribution >= 0.6 is 15.9 Å². The van der Waals surface area contributed by atoms with Crippen LogP contribution in [0.15, 0.2) is 28.9 Å². The standard InChI is InChI=1S/C18H20BrFN4O4/c1-18(2,3)28-17(25)23-8-12(20)14(9-23)22-16-11-6-10(19)4-5-13(11)21-7-15(16)24(26)27/h4-7,12,14H,8-9H2,1-3H3,(H,21,22)/t12-,14+/m1/s1. The maximum absolute atomic E-state index is 14.6. The van der Waals surface area contributed by atoms with E-state index in [1.165, 1.54) is 4.90 Å². The molecule has 0 spiro atoms. The molecule has 0 radical (unpaired) electrons. The van der Waals surface area contributed by atoms with Gasteiger partial charge in [0.15, 0.2) is 0 Å². The molecule has 3 rings (SSSR count). The van der Waals surface area contributed by atoms with Gasteiger partial charge in [-0.2, -0.15) is 0 Å². The molecule has 8 nitrogen and oxygen atoms in total. The molecule has 2 heterocycles. The number of halogens is 2. The van der Waals surface area contributed by atoms with Crippen LogP contribution in [0.1, 0.15) is 20.8 Å². The summed E-state index contributed by atoms with van der Waals surface area (Å²) < 4.78 is 20.6. The Hall–Kier alpha value is -2.49. The third-order valence-electron chi connectivity index (χ3n) is 4.24. The highest BCUT2D eigenvalue weighted by atomic mass is 79.9. The summed E-state index contributed by atoms with van der Waals surface area (Å²) in [6, 6.07) is 4.35. The van der Waals surface area contributed by atoms with Gasteiger partial charge in [0, 0.05) is 16.4 Å². The summed E-state index contributed by atoms with van der Waals surface area (Å²) in [6.07, 6.45) is -0.870. The molecule has 0 bridgehead atoms. The first-order chi connectivity index (χ1) is 13.0. The lowest BCUT2D eigenvalue weighted by atomic mass is 10.1. The fourth-order valence-corrected chi connectivity index (χ4v) is 3.37. The highest BCUT2D eigenvalue weighted by Gasteiger charge is 2.38. The first kappa shape index (κ1) is 20.2. The van der Waals surface area contributed by atoms with Crippen molar-refractivity contribution < 1.29 is 18.8 Å². The molecular formula is C18H20BrFN4O4. The largest absolute Gasteiger partial charge is 0.444 e. The number of nitro groups is 1. The number of rotatable bonds is 3. The highest BCUT2D eigenvalue weighted by Crippen LogP contribution is 2.35. The lowest BCUT2D eigenvalue weighted by molar-refractivity contribution is -0.384. The topological polar surface area (TPSA) is 97.6 Å². The van der Waals surface area contributed by atoms with Crippen molar-refractivity contribution in [3.63, 3.8) is 0 Å². The first-order valence-corrected chi connectivity index (χ1v) is 9.45. The molecule has 28 heavy (non-hydrogen) atoms. The number of pyridine rings is 1. The summed E-state index contributed by atoms with van der Waals surface area (Å²) in [4.78, 5) is 28.5. The van der Waals surface area contributed by atoms with Gasteiger partial charge in [0.2, 0.25) is 0 Å². The molecule has 150 valence electrons. The smallest absolute Gasteiger partial charge is 0.410 e. The number of anilines is 1. The van der Waals surface area contributed by atoms with Gasteiger partial charge in [-0.05, 0) is 39.0 Å². The Morgan fingerprint density at radius 1 is 1.43 bits per heavy atom. The molecule has 1 saturated heterocycles. The highest BCUT2D eigenvalue weighted by molar-refractivity contribution is 9.10. The molecule has 0 saturated carbocycles. The number of hydrogen-bond donors (Lipinski definition) is 1. The minimum atomic E-state index is -1.40. The Kier molecular flexibility index (Phi) is 5.42. The van der Waals surface area contributed by atoms with E-state index in [2.05, 4.69) is 26.2 Å². The molecule has 0 aliphatic carbocycles. The van der Waals surface area contributed by atoms with Crippen LogP contribution in [0.2, 0.25) is 0 Å². The van der Waals surface area contributed by atoms with Gasteiger partial charge in [-0.15, -0.1) is 0 Å². The summed E-state index contributed by atoms with van der Waals surface area (Å²) in [5.41, 5.74) is -0.238. The SMILES string of the molecule is CC(C)(C)OC(=O)N1C[C@@H](F)[C@@H](Nc2c([N+](=O)[O-])cnc3ccc(Br)cc23)C1. The maximum atomic E-state index is 14.6. The van der Waals surface area contributed by atoms with Crippen LogP contribution in [0.4, 0.5) is 20.6 Å². The van der Waals surface area contributed by atoms with E-state index in [0.717, 1.165) is 6.20 Å². The number of fused-ring (bicyclic) bond motifs is 1. The predicted molar refractivity (Wildman–Crippen MR) is 106 cm³/mol. The summed E-state index contributed by atoms with van der Waals surface area (Å²) in [7, 11) is 0. The van der Waals surface area contributed by atoms with E-state index < -0.39 is 28.8 Å². The number of nitrogens with one attached hydrogen (secondary N) is 1.